The zero-order chi connectivity index (χ0) is 13.1. The second-order valence-electron chi connectivity index (χ2n) is 4.41. The van der Waals surface area contributed by atoms with E-state index in [-0.39, 0.29) is 5.75 Å². The smallest absolute Gasteiger partial charge is 0.227 e. The van der Waals surface area contributed by atoms with Crippen molar-refractivity contribution in [3.63, 3.8) is 0 Å². The monoisotopic (exact) mass is 321 g/mol. The molecule has 1 heterocycles. The lowest BCUT2D eigenvalue weighted by molar-refractivity contribution is 0.259. The first kappa shape index (κ1) is 14.4. The molecule has 0 fully saturated rings. The van der Waals surface area contributed by atoms with Crippen LogP contribution in [-0.4, -0.2) is 26.3 Å². The highest BCUT2D eigenvalue weighted by Gasteiger charge is 2.09. The summed E-state index contributed by atoms with van der Waals surface area (Å²) < 4.78 is 28.4. The Morgan fingerprint density at radius 1 is 1.47 bits per heavy atom. The first-order valence-electron chi connectivity index (χ1n) is 5.23. The largest absolute Gasteiger partial charge is 0.477 e. The van der Waals surface area contributed by atoms with Crippen LogP contribution in [0.3, 0.4) is 0 Å². The van der Waals surface area contributed by atoms with Gasteiger partial charge in [0.2, 0.25) is 5.88 Å². The maximum atomic E-state index is 11.1. The van der Waals surface area contributed by atoms with Gasteiger partial charge in [0.15, 0.2) is 9.84 Å². The molecule has 1 rings (SSSR count). The van der Waals surface area contributed by atoms with Crippen molar-refractivity contribution >= 4 is 25.8 Å². The van der Waals surface area contributed by atoms with Crippen molar-refractivity contribution in [2.75, 3.05) is 12.9 Å². The van der Waals surface area contributed by atoms with E-state index >= 15 is 0 Å². The maximum Gasteiger partial charge on any atom is 0.227 e. The van der Waals surface area contributed by atoms with Crippen LogP contribution in [0, 0.1) is 5.92 Å². The summed E-state index contributed by atoms with van der Waals surface area (Å²) in [4.78, 5) is 4.10. The molecule has 0 spiro atoms. The second kappa shape index (κ2) is 5.82. The van der Waals surface area contributed by atoms with Gasteiger partial charge in [-0.2, -0.15) is 0 Å². The van der Waals surface area contributed by atoms with Crippen molar-refractivity contribution in [1.29, 1.82) is 0 Å². The molecule has 0 aliphatic heterocycles. The number of ether oxygens (including phenoxy) is 1. The van der Waals surface area contributed by atoms with Gasteiger partial charge in [-0.3, -0.25) is 0 Å². The van der Waals surface area contributed by atoms with Crippen molar-refractivity contribution < 1.29 is 13.2 Å². The minimum Gasteiger partial charge on any atom is -0.477 e. The Bertz CT molecular complexity index is 485. The second-order valence-corrected chi connectivity index (χ2v) is 7.40. The average molecular weight is 322 g/mol. The summed E-state index contributed by atoms with van der Waals surface area (Å²) in [5, 5.41) is 0. The van der Waals surface area contributed by atoms with E-state index in [1.165, 1.54) is 12.5 Å². The van der Waals surface area contributed by atoms with E-state index in [2.05, 4.69) is 20.9 Å². The Balaban J connectivity index is 2.79. The van der Waals surface area contributed by atoms with Gasteiger partial charge in [0.05, 0.1) is 16.8 Å². The van der Waals surface area contributed by atoms with Crippen LogP contribution in [0.1, 0.15) is 19.4 Å². The van der Waals surface area contributed by atoms with Gasteiger partial charge in [-0.25, -0.2) is 13.4 Å². The summed E-state index contributed by atoms with van der Waals surface area (Å²) in [6, 6.07) is 1.73. The Labute approximate surface area is 110 Å². The molecule has 0 amide bonds. The van der Waals surface area contributed by atoms with Crippen molar-refractivity contribution in [2.24, 2.45) is 5.92 Å². The molecule has 0 unspecified atom stereocenters. The van der Waals surface area contributed by atoms with E-state index < -0.39 is 9.84 Å². The normalized spacial score (nSPS) is 11.8. The lowest BCUT2D eigenvalue weighted by Crippen LogP contribution is -2.07. The lowest BCUT2D eigenvalue weighted by Gasteiger charge is -2.10. The molecule has 6 heteroatoms. The number of aromatic nitrogens is 1. The van der Waals surface area contributed by atoms with Crippen LogP contribution < -0.4 is 4.74 Å². The number of hydrogen-bond acceptors (Lipinski definition) is 4. The van der Waals surface area contributed by atoms with Gasteiger partial charge in [0.25, 0.3) is 0 Å². The minimum atomic E-state index is -3.03. The standard InChI is InChI=1S/C11H16BrNO3S/c1-8(2)6-16-11-10(12)4-9(5-13-11)7-17(3,14)15/h4-5,8H,6-7H2,1-3H3. The molecule has 0 saturated heterocycles. The van der Waals surface area contributed by atoms with Gasteiger partial charge in [0.1, 0.15) is 0 Å². The summed E-state index contributed by atoms with van der Waals surface area (Å²) in [7, 11) is -3.03. The number of nitrogens with zero attached hydrogens (tertiary/aromatic N) is 1. The third kappa shape index (κ3) is 5.50. The van der Waals surface area contributed by atoms with E-state index in [9.17, 15) is 8.42 Å². The van der Waals surface area contributed by atoms with E-state index in [0.29, 0.717) is 28.4 Å². The molecule has 96 valence electrons. The highest BCUT2D eigenvalue weighted by Crippen LogP contribution is 2.24. The van der Waals surface area contributed by atoms with Gasteiger partial charge >= 0.3 is 0 Å². The number of halogens is 1. The van der Waals surface area contributed by atoms with Crippen molar-refractivity contribution in [3.8, 4) is 5.88 Å². The van der Waals surface area contributed by atoms with E-state index in [4.69, 9.17) is 4.74 Å². The summed E-state index contributed by atoms with van der Waals surface area (Å²) in [5.74, 6) is 0.902. The third-order valence-electron chi connectivity index (χ3n) is 1.85. The Kier molecular flexibility index (Phi) is 4.94. The van der Waals surface area contributed by atoms with Crippen LogP contribution in [0.15, 0.2) is 16.7 Å². The van der Waals surface area contributed by atoms with Crippen LogP contribution >= 0.6 is 15.9 Å². The molecule has 1 aromatic heterocycles. The molecule has 0 radical (unpaired) electrons. The quantitative estimate of drug-likeness (QED) is 0.835. The first-order chi connectivity index (χ1) is 7.78. The van der Waals surface area contributed by atoms with Crippen LogP contribution in [-0.2, 0) is 15.6 Å². The van der Waals surface area contributed by atoms with E-state index in [1.54, 1.807) is 6.07 Å². The molecule has 17 heavy (non-hydrogen) atoms. The summed E-state index contributed by atoms with van der Waals surface area (Å²) in [6.45, 7) is 4.68. The molecule has 0 aromatic carbocycles. The predicted octanol–water partition coefficient (Wildman–Crippen LogP) is 2.42. The van der Waals surface area contributed by atoms with Gasteiger partial charge in [-0.15, -0.1) is 0 Å². The minimum absolute atomic E-state index is 0.0109. The molecular formula is C11H16BrNO3S. The van der Waals surface area contributed by atoms with Crippen molar-refractivity contribution in [1.82, 2.24) is 4.98 Å². The van der Waals surface area contributed by atoms with Gasteiger partial charge in [-0.1, -0.05) is 13.8 Å². The number of hydrogen-bond donors (Lipinski definition) is 0. The Hall–Kier alpha value is -0.620. The molecule has 1 aromatic rings. The zero-order valence-corrected chi connectivity index (χ0v) is 12.5. The lowest BCUT2D eigenvalue weighted by atomic mass is 10.2. The van der Waals surface area contributed by atoms with E-state index in [0.717, 1.165) is 0 Å². The molecule has 0 N–H and O–H groups in total. The fourth-order valence-electron chi connectivity index (χ4n) is 1.20. The fourth-order valence-corrected chi connectivity index (χ4v) is 2.47. The Morgan fingerprint density at radius 2 is 2.12 bits per heavy atom. The van der Waals surface area contributed by atoms with Crippen molar-refractivity contribution in [3.05, 3.63) is 22.3 Å². The Morgan fingerprint density at radius 3 is 2.59 bits per heavy atom. The van der Waals surface area contributed by atoms with Gasteiger partial charge in [-0.05, 0) is 33.5 Å². The summed E-state index contributed by atoms with van der Waals surface area (Å²) >= 11 is 3.32. The number of sulfone groups is 1. The van der Waals surface area contributed by atoms with Crippen LogP contribution in [0.2, 0.25) is 0 Å². The topological polar surface area (TPSA) is 56.3 Å². The zero-order valence-electron chi connectivity index (χ0n) is 10.1. The first-order valence-corrected chi connectivity index (χ1v) is 8.08. The van der Waals surface area contributed by atoms with E-state index in [1.807, 2.05) is 13.8 Å². The fraction of sp³-hybridized carbons (Fsp3) is 0.545. The highest BCUT2D eigenvalue weighted by molar-refractivity contribution is 9.10. The number of pyridine rings is 1. The average Bonchev–Trinajstić information content (AvgIpc) is 2.13. The molecule has 0 aliphatic carbocycles. The molecule has 4 nitrogen and oxygen atoms in total. The highest BCUT2D eigenvalue weighted by atomic mass is 79.9. The summed E-state index contributed by atoms with van der Waals surface area (Å²) in [6.07, 6.45) is 2.73. The van der Waals surface area contributed by atoms with Crippen molar-refractivity contribution in [2.45, 2.75) is 19.6 Å². The molecular weight excluding hydrogens is 306 g/mol. The van der Waals surface area contributed by atoms with Gasteiger partial charge in [0, 0.05) is 12.5 Å². The predicted molar refractivity (Wildman–Crippen MR) is 70.8 cm³/mol. The van der Waals surface area contributed by atoms with Crippen LogP contribution in [0.4, 0.5) is 0 Å². The molecule has 0 saturated carbocycles. The molecule has 0 aliphatic rings. The molecule has 0 bridgehead atoms. The third-order valence-corrected chi connectivity index (χ3v) is 3.27. The summed E-state index contributed by atoms with van der Waals surface area (Å²) in [5.41, 5.74) is 0.649. The van der Waals surface area contributed by atoms with Crippen LogP contribution in [0.25, 0.3) is 0 Å². The maximum absolute atomic E-state index is 11.1. The van der Waals surface area contributed by atoms with Gasteiger partial charge < -0.3 is 4.74 Å². The molecule has 0 atom stereocenters. The SMILES string of the molecule is CC(C)COc1ncc(CS(C)(=O)=O)cc1Br. The number of rotatable bonds is 5. The van der Waals surface area contributed by atoms with Crippen LogP contribution in [0.5, 0.6) is 5.88 Å².